The molecular weight excluding hydrogens is 341 g/mol. The SMILES string of the molecule is CCC[C@@H]1SCCN1C(=O)C1=NN(Cc2ccc(F)cc2)C(=O)CC1. The summed E-state index contributed by atoms with van der Waals surface area (Å²) in [4.78, 5) is 26.9. The van der Waals surface area contributed by atoms with E-state index in [1.165, 1.54) is 17.1 Å². The minimum absolute atomic E-state index is 0.0555. The number of carbonyl (C=O) groups is 2. The minimum atomic E-state index is -0.318. The normalized spacial score (nSPS) is 20.8. The van der Waals surface area contributed by atoms with Crippen LogP contribution in [0.1, 0.15) is 38.2 Å². The van der Waals surface area contributed by atoms with E-state index in [1.807, 2.05) is 4.90 Å². The van der Waals surface area contributed by atoms with Gasteiger partial charge in [0.15, 0.2) is 0 Å². The number of hydrazone groups is 1. The molecule has 2 amide bonds. The average Bonchev–Trinajstić information content (AvgIpc) is 3.07. The zero-order valence-electron chi connectivity index (χ0n) is 14.3. The summed E-state index contributed by atoms with van der Waals surface area (Å²) in [6, 6.07) is 5.97. The van der Waals surface area contributed by atoms with Crippen LogP contribution in [0.5, 0.6) is 0 Å². The molecule has 0 aliphatic carbocycles. The lowest BCUT2D eigenvalue weighted by molar-refractivity contribution is -0.132. The molecule has 5 nitrogen and oxygen atoms in total. The van der Waals surface area contributed by atoms with Gasteiger partial charge in [0.05, 0.1) is 11.9 Å². The number of benzene rings is 1. The van der Waals surface area contributed by atoms with E-state index in [0.29, 0.717) is 12.1 Å². The molecule has 0 radical (unpaired) electrons. The van der Waals surface area contributed by atoms with Gasteiger partial charge in [0.2, 0.25) is 5.91 Å². The van der Waals surface area contributed by atoms with Crippen LogP contribution in [0.15, 0.2) is 29.4 Å². The predicted octanol–water partition coefficient (Wildman–Crippen LogP) is 3.01. The van der Waals surface area contributed by atoms with Gasteiger partial charge in [-0.25, -0.2) is 9.40 Å². The zero-order valence-corrected chi connectivity index (χ0v) is 15.1. The molecule has 1 aromatic rings. The summed E-state index contributed by atoms with van der Waals surface area (Å²) in [6.07, 6.45) is 2.67. The fraction of sp³-hybridized carbons (Fsp3) is 0.500. The van der Waals surface area contributed by atoms with Crippen LogP contribution in [-0.4, -0.2) is 45.1 Å². The van der Waals surface area contributed by atoms with Gasteiger partial charge in [-0.1, -0.05) is 25.5 Å². The van der Waals surface area contributed by atoms with Crippen LogP contribution in [0, 0.1) is 5.82 Å². The van der Waals surface area contributed by atoms with Crippen molar-refractivity contribution in [1.82, 2.24) is 9.91 Å². The number of hydrogen-bond donors (Lipinski definition) is 0. The highest BCUT2D eigenvalue weighted by molar-refractivity contribution is 8.00. The Bertz CT molecular complexity index is 677. The van der Waals surface area contributed by atoms with Crippen molar-refractivity contribution in [2.24, 2.45) is 5.10 Å². The summed E-state index contributed by atoms with van der Waals surface area (Å²) in [5.41, 5.74) is 1.23. The second-order valence-corrected chi connectivity index (χ2v) is 7.52. The third-order valence-corrected chi connectivity index (χ3v) is 5.68. The van der Waals surface area contributed by atoms with E-state index < -0.39 is 0 Å². The van der Waals surface area contributed by atoms with Gasteiger partial charge in [0, 0.05) is 25.1 Å². The number of rotatable bonds is 5. The number of carbonyl (C=O) groups excluding carboxylic acids is 2. The molecule has 1 atom stereocenters. The molecule has 0 bridgehead atoms. The number of thioether (sulfide) groups is 1. The van der Waals surface area contributed by atoms with Gasteiger partial charge in [0.1, 0.15) is 11.5 Å². The molecule has 0 N–H and O–H groups in total. The van der Waals surface area contributed by atoms with Gasteiger partial charge >= 0.3 is 0 Å². The molecular formula is C18H22FN3O2S. The molecule has 0 spiro atoms. The molecule has 1 aromatic carbocycles. The maximum absolute atomic E-state index is 13.0. The van der Waals surface area contributed by atoms with E-state index in [9.17, 15) is 14.0 Å². The molecule has 2 aliphatic heterocycles. The van der Waals surface area contributed by atoms with Crippen molar-refractivity contribution in [2.45, 2.75) is 44.5 Å². The molecule has 0 unspecified atom stereocenters. The Morgan fingerprint density at radius 2 is 2.08 bits per heavy atom. The second-order valence-electron chi connectivity index (χ2n) is 6.24. The van der Waals surface area contributed by atoms with Gasteiger partial charge in [-0.05, 0) is 24.1 Å². The van der Waals surface area contributed by atoms with Crippen molar-refractivity contribution in [3.05, 3.63) is 35.6 Å². The molecule has 7 heteroatoms. The van der Waals surface area contributed by atoms with Crippen molar-refractivity contribution in [3.63, 3.8) is 0 Å². The first-order valence-electron chi connectivity index (χ1n) is 8.63. The van der Waals surface area contributed by atoms with Crippen molar-refractivity contribution >= 4 is 29.3 Å². The Morgan fingerprint density at radius 3 is 2.80 bits per heavy atom. The highest BCUT2D eigenvalue weighted by atomic mass is 32.2. The first-order valence-corrected chi connectivity index (χ1v) is 9.68. The Kier molecular flexibility index (Phi) is 5.73. The van der Waals surface area contributed by atoms with Crippen LogP contribution in [0.4, 0.5) is 4.39 Å². The van der Waals surface area contributed by atoms with Crippen LogP contribution in [0.25, 0.3) is 0 Å². The van der Waals surface area contributed by atoms with Gasteiger partial charge < -0.3 is 4.90 Å². The molecule has 134 valence electrons. The molecule has 3 rings (SSSR count). The van der Waals surface area contributed by atoms with Gasteiger partial charge in [-0.3, -0.25) is 9.59 Å². The Balaban J connectivity index is 1.73. The summed E-state index contributed by atoms with van der Waals surface area (Å²) >= 11 is 1.81. The largest absolute Gasteiger partial charge is 0.325 e. The lowest BCUT2D eigenvalue weighted by atomic mass is 10.1. The Labute approximate surface area is 151 Å². The minimum Gasteiger partial charge on any atom is -0.325 e. The maximum Gasteiger partial charge on any atom is 0.271 e. The fourth-order valence-electron chi connectivity index (χ4n) is 3.05. The maximum atomic E-state index is 13.0. The molecule has 25 heavy (non-hydrogen) atoms. The zero-order chi connectivity index (χ0) is 17.8. The van der Waals surface area contributed by atoms with Crippen LogP contribution in [-0.2, 0) is 16.1 Å². The van der Waals surface area contributed by atoms with E-state index in [0.717, 1.165) is 30.7 Å². The van der Waals surface area contributed by atoms with Crippen LogP contribution >= 0.6 is 11.8 Å². The van der Waals surface area contributed by atoms with E-state index >= 15 is 0 Å². The number of amides is 2. The van der Waals surface area contributed by atoms with E-state index in [4.69, 9.17) is 0 Å². The van der Waals surface area contributed by atoms with Crippen LogP contribution in [0.3, 0.4) is 0 Å². The molecule has 1 fully saturated rings. The third kappa shape index (κ3) is 4.21. The van der Waals surface area contributed by atoms with Gasteiger partial charge in [0.25, 0.3) is 5.91 Å². The van der Waals surface area contributed by atoms with Gasteiger partial charge in [-0.2, -0.15) is 5.10 Å². The highest BCUT2D eigenvalue weighted by Gasteiger charge is 2.33. The van der Waals surface area contributed by atoms with Crippen molar-refractivity contribution < 1.29 is 14.0 Å². The number of halogens is 1. The summed E-state index contributed by atoms with van der Waals surface area (Å²) < 4.78 is 13.0. The first kappa shape index (κ1) is 17.9. The molecule has 0 saturated carbocycles. The van der Waals surface area contributed by atoms with E-state index in [2.05, 4.69) is 12.0 Å². The average molecular weight is 363 g/mol. The molecule has 2 heterocycles. The third-order valence-electron chi connectivity index (χ3n) is 4.38. The second kappa shape index (κ2) is 7.99. The smallest absolute Gasteiger partial charge is 0.271 e. The summed E-state index contributed by atoms with van der Waals surface area (Å²) in [7, 11) is 0. The lowest BCUT2D eigenvalue weighted by Crippen LogP contribution is -2.43. The number of nitrogens with zero attached hydrogens (tertiary/aromatic N) is 3. The summed E-state index contributed by atoms with van der Waals surface area (Å²) in [5, 5.41) is 5.87. The van der Waals surface area contributed by atoms with Crippen LogP contribution in [0.2, 0.25) is 0 Å². The molecule has 0 aromatic heterocycles. The lowest BCUT2D eigenvalue weighted by Gasteiger charge is -2.28. The van der Waals surface area contributed by atoms with E-state index in [-0.39, 0.29) is 36.0 Å². The van der Waals surface area contributed by atoms with Crippen molar-refractivity contribution in [1.29, 1.82) is 0 Å². The standard InChI is InChI=1S/C18H22FN3O2S/c1-2-3-17-21(10-11-25-17)18(24)15-8-9-16(23)22(20-15)12-13-4-6-14(19)7-5-13/h4-7,17H,2-3,8-12H2,1H3/t17-/m0/s1. The fourth-order valence-corrected chi connectivity index (χ4v) is 4.40. The quantitative estimate of drug-likeness (QED) is 0.808. The predicted molar refractivity (Wildman–Crippen MR) is 96.5 cm³/mol. The van der Waals surface area contributed by atoms with E-state index in [1.54, 1.807) is 23.9 Å². The van der Waals surface area contributed by atoms with Crippen molar-refractivity contribution in [2.75, 3.05) is 12.3 Å². The highest BCUT2D eigenvalue weighted by Crippen LogP contribution is 2.28. The van der Waals surface area contributed by atoms with Crippen LogP contribution < -0.4 is 0 Å². The first-order chi connectivity index (χ1) is 12.1. The molecule has 1 saturated heterocycles. The van der Waals surface area contributed by atoms with Crippen molar-refractivity contribution in [3.8, 4) is 0 Å². The Hall–Kier alpha value is -1.89. The summed E-state index contributed by atoms with van der Waals surface area (Å²) in [6.45, 7) is 3.10. The number of hydrogen-bond acceptors (Lipinski definition) is 4. The molecule has 2 aliphatic rings. The summed E-state index contributed by atoms with van der Waals surface area (Å²) in [5.74, 6) is 0.463. The topological polar surface area (TPSA) is 53.0 Å². The Morgan fingerprint density at radius 1 is 1.32 bits per heavy atom. The monoisotopic (exact) mass is 363 g/mol. The van der Waals surface area contributed by atoms with Gasteiger partial charge in [-0.15, -0.1) is 11.8 Å².